The molecule has 0 saturated carbocycles. The number of benzene rings is 1. The summed E-state index contributed by atoms with van der Waals surface area (Å²) in [4.78, 5) is 26.0. The molecule has 1 amide bonds. The highest BCUT2D eigenvalue weighted by molar-refractivity contribution is 5.79. The third kappa shape index (κ3) is 8.15. The summed E-state index contributed by atoms with van der Waals surface area (Å²) in [7, 11) is 4.51. The normalized spacial score (nSPS) is 13.6. The predicted molar refractivity (Wildman–Crippen MR) is 111 cm³/mol. The minimum absolute atomic E-state index is 0.0224. The number of ether oxygens (including phenoxy) is 3. The summed E-state index contributed by atoms with van der Waals surface area (Å²) in [5.41, 5.74) is 2.30. The standard InChI is InChI=1S/C22H32N2O5/c1-27-19-11-18(12-20(13-19)28-2)14-24(16-22(26)29-3)15-21(25)23-10-9-17-7-5-4-6-8-17/h7,11-13H,4-6,8-10,14-16H2,1-3H3,(H,23,25). The molecular formula is C22H32N2O5. The van der Waals surface area contributed by atoms with Crippen LogP contribution in [0.25, 0.3) is 0 Å². The van der Waals surface area contributed by atoms with Crippen LogP contribution in [0.4, 0.5) is 0 Å². The molecule has 160 valence electrons. The first-order chi connectivity index (χ1) is 14.0. The van der Waals surface area contributed by atoms with Crippen molar-refractivity contribution in [1.29, 1.82) is 0 Å². The van der Waals surface area contributed by atoms with E-state index in [1.165, 1.54) is 25.5 Å². The van der Waals surface area contributed by atoms with Crippen LogP contribution in [0.15, 0.2) is 29.8 Å². The van der Waals surface area contributed by atoms with Crippen LogP contribution in [0.5, 0.6) is 11.5 Å². The van der Waals surface area contributed by atoms with Crippen molar-refractivity contribution in [2.24, 2.45) is 0 Å². The molecule has 29 heavy (non-hydrogen) atoms. The van der Waals surface area contributed by atoms with Crippen LogP contribution in [-0.2, 0) is 20.9 Å². The predicted octanol–water partition coefficient (Wildman–Crippen LogP) is 2.69. The van der Waals surface area contributed by atoms with Gasteiger partial charge in [-0.1, -0.05) is 11.6 Å². The van der Waals surface area contributed by atoms with Crippen LogP contribution >= 0.6 is 0 Å². The monoisotopic (exact) mass is 404 g/mol. The van der Waals surface area contributed by atoms with E-state index in [0.29, 0.717) is 24.6 Å². The number of esters is 1. The van der Waals surface area contributed by atoms with E-state index in [2.05, 4.69) is 11.4 Å². The number of rotatable bonds is 11. The number of amides is 1. The van der Waals surface area contributed by atoms with Crippen molar-refractivity contribution in [2.75, 3.05) is 41.0 Å². The van der Waals surface area contributed by atoms with Crippen molar-refractivity contribution < 1.29 is 23.8 Å². The zero-order valence-electron chi connectivity index (χ0n) is 17.7. The molecule has 2 rings (SSSR count). The Hall–Kier alpha value is -2.54. The molecular weight excluding hydrogens is 372 g/mol. The fourth-order valence-corrected chi connectivity index (χ4v) is 3.38. The summed E-state index contributed by atoms with van der Waals surface area (Å²) >= 11 is 0. The number of nitrogens with zero attached hydrogens (tertiary/aromatic N) is 1. The van der Waals surface area contributed by atoms with E-state index in [9.17, 15) is 9.59 Å². The lowest BCUT2D eigenvalue weighted by atomic mass is 9.97. The molecule has 1 aliphatic rings. The smallest absolute Gasteiger partial charge is 0.319 e. The first-order valence-corrected chi connectivity index (χ1v) is 9.99. The molecule has 0 spiro atoms. The molecule has 0 aromatic heterocycles. The second-order valence-electron chi connectivity index (χ2n) is 7.15. The van der Waals surface area contributed by atoms with Crippen molar-refractivity contribution in [3.05, 3.63) is 35.4 Å². The van der Waals surface area contributed by atoms with Gasteiger partial charge in [0.1, 0.15) is 11.5 Å². The minimum atomic E-state index is -0.389. The van der Waals surface area contributed by atoms with Gasteiger partial charge in [0, 0.05) is 19.2 Å². The van der Waals surface area contributed by atoms with Gasteiger partial charge in [0.2, 0.25) is 5.91 Å². The molecule has 1 N–H and O–H groups in total. The Morgan fingerprint density at radius 2 is 1.76 bits per heavy atom. The zero-order chi connectivity index (χ0) is 21.1. The summed E-state index contributed by atoms with van der Waals surface area (Å²) in [6.45, 7) is 1.13. The number of carbonyl (C=O) groups is 2. The second-order valence-corrected chi connectivity index (χ2v) is 7.15. The molecule has 0 atom stereocenters. The molecule has 0 heterocycles. The van der Waals surface area contributed by atoms with E-state index in [4.69, 9.17) is 14.2 Å². The maximum atomic E-state index is 12.4. The maximum Gasteiger partial charge on any atom is 0.319 e. The fourth-order valence-electron chi connectivity index (χ4n) is 3.38. The Balaban J connectivity index is 1.95. The van der Waals surface area contributed by atoms with Crippen molar-refractivity contribution in [2.45, 2.75) is 38.6 Å². The fraction of sp³-hybridized carbons (Fsp3) is 0.545. The Labute approximate surface area is 173 Å². The average Bonchev–Trinajstić information content (AvgIpc) is 2.73. The van der Waals surface area contributed by atoms with E-state index < -0.39 is 0 Å². The van der Waals surface area contributed by atoms with Crippen LogP contribution in [-0.4, -0.2) is 57.7 Å². The topological polar surface area (TPSA) is 77.1 Å². The SMILES string of the molecule is COC(=O)CN(CC(=O)NCCC1=CCCCC1)Cc1cc(OC)cc(OC)c1. The average molecular weight is 405 g/mol. The molecule has 0 fully saturated rings. The zero-order valence-corrected chi connectivity index (χ0v) is 17.7. The number of hydrogen-bond donors (Lipinski definition) is 1. The largest absolute Gasteiger partial charge is 0.497 e. The highest BCUT2D eigenvalue weighted by Gasteiger charge is 2.17. The lowest BCUT2D eigenvalue weighted by Crippen LogP contribution is -2.40. The van der Waals surface area contributed by atoms with Crippen molar-refractivity contribution in [3.63, 3.8) is 0 Å². The summed E-state index contributed by atoms with van der Waals surface area (Å²) in [6.07, 6.45) is 7.93. The number of hydrogen-bond acceptors (Lipinski definition) is 6. The summed E-state index contributed by atoms with van der Waals surface area (Å²) in [6, 6.07) is 5.50. The third-order valence-electron chi connectivity index (χ3n) is 4.92. The number of carbonyl (C=O) groups excluding carboxylic acids is 2. The van der Waals surface area contributed by atoms with Gasteiger partial charge in [-0.3, -0.25) is 14.5 Å². The molecule has 7 heteroatoms. The Kier molecular flexibility index (Phi) is 9.50. The Morgan fingerprint density at radius 1 is 1.03 bits per heavy atom. The number of nitrogens with one attached hydrogen (secondary N) is 1. The summed E-state index contributed by atoms with van der Waals surface area (Å²) < 4.78 is 15.4. The summed E-state index contributed by atoms with van der Waals surface area (Å²) in [5, 5.41) is 2.96. The van der Waals surface area contributed by atoms with Crippen LogP contribution in [0.3, 0.4) is 0 Å². The summed E-state index contributed by atoms with van der Waals surface area (Å²) in [5.74, 6) is 0.811. The number of methoxy groups -OCH3 is 3. The van der Waals surface area contributed by atoms with E-state index in [0.717, 1.165) is 24.8 Å². The van der Waals surface area contributed by atoms with Crippen molar-refractivity contribution in [1.82, 2.24) is 10.2 Å². The van der Waals surface area contributed by atoms with Gasteiger partial charge in [-0.05, 0) is 49.8 Å². The highest BCUT2D eigenvalue weighted by Crippen LogP contribution is 2.23. The quantitative estimate of drug-likeness (QED) is 0.451. The highest BCUT2D eigenvalue weighted by atomic mass is 16.5. The number of allylic oxidation sites excluding steroid dienone is 1. The molecule has 0 aliphatic heterocycles. The van der Waals surface area contributed by atoms with Gasteiger partial charge in [-0.2, -0.15) is 0 Å². The first-order valence-electron chi connectivity index (χ1n) is 9.99. The Morgan fingerprint density at radius 3 is 2.34 bits per heavy atom. The van der Waals surface area contributed by atoms with E-state index in [1.54, 1.807) is 25.2 Å². The Bertz CT molecular complexity index is 695. The van der Waals surface area contributed by atoms with Gasteiger partial charge < -0.3 is 19.5 Å². The first kappa shape index (κ1) is 22.7. The van der Waals surface area contributed by atoms with Gasteiger partial charge in [0.25, 0.3) is 0 Å². The van der Waals surface area contributed by atoms with E-state index in [-0.39, 0.29) is 25.0 Å². The van der Waals surface area contributed by atoms with Crippen molar-refractivity contribution >= 4 is 11.9 Å². The molecule has 0 bridgehead atoms. The van der Waals surface area contributed by atoms with Crippen LogP contribution in [0, 0.1) is 0 Å². The molecule has 1 aromatic carbocycles. The lowest BCUT2D eigenvalue weighted by Gasteiger charge is -2.21. The van der Waals surface area contributed by atoms with Gasteiger partial charge in [0.05, 0.1) is 34.4 Å². The van der Waals surface area contributed by atoms with Crippen molar-refractivity contribution in [3.8, 4) is 11.5 Å². The van der Waals surface area contributed by atoms with Crippen LogP contribution in [0.2, 0.25) is 0 Å². The van der Waals surface area contributed by atoms with E-state index in [1.807, 2.05) is 12.1 Å². The lowest BCUT2D eigenvalue weighted by molar-refractivity contribution is -0.142. The molecule has 1 aromatic rings. The molecule has 0 radical (unpaired) electrons. The van der Waals surface area contributed by atoms with Gasteiger partial charge in [0.15, 0.2) is 0 Å². The van der Waals surface area contributed by atoms with Gasteiger partial charge in [-0.25, -0.2) is 0 Å². The molecule has 0 saturated heterocycles. The van der Waals surface area contributed by atoms with Gasteiger partial charge in [-0.15, -0.1) is 0 Å². The molecule has 1 aliphatic carbocycles. The molecule has 0 unspecified atom stereocenters. The third-order valence-corrected chi connectivity index (χ3v) is 4.92. The van der Waals surface area contributed by atoms with Crippen LogP contribution < -0.4 is 14.8 Å². The second kappa shape index (κ2) is 12.1. The maximum absolute atomic E-state index is 12.4. The van der Waals surface area contributed by atoms with E-state index >= 15 is 0 Å². The van der Waals surface area contributed by atoms with Crippen LogP contribution in [0.1, 0.15) is 37.7 Å². The molecule has 7 nitrogen and oxygen atoms in total. The minimum Gasteiger partial charge on any atom is -0.497 e. The van der Waals surface area contributed by atoms with Gasteiger partial charge >= 0.3 is 5.97 Å².